The maximum absolute atomic E-state index is 11.2. The number of para-hydroxylation sites is 1. The molecule has 1 heterocycles. The lowest BCUT2D eigenvalue weighted by Gasteiger charge is -2.11. The van der Waals surface area contributed by atoms with Gasteiger partial charge >= 0.3 is 0 Å². The predicted molar refractivity (Wildman–Crippen MR) is 84.2 cm³/mol. The highest BCUT2D eigenvalue weighted by atomic mass is 16.5. The van der Waals surface area contributed by atoms with Crippen LogP contribution in [0, 0.1) is 6.92 Å². The Hall–Kier alpha value is -2.55. The van der Waals surface area contributed by atoms with Gasteiger partial charge in [0.05, 0.1) is 13.7 Å². The number of ether oxygens (including phenoxy) is 1. The van der Waals surface area contributed by atoms with Gasteiger partial charge < -0.3 is 9.30 Å². The first-order valence-corrected chi connectivity index (χ1v) is 6.89. The number of hydrogen-bond donors (Lipinski definition) is 0. The summed E-state index contributed by atoms with van der Waals surface area (Å²) in [4.78, 5) is 11.2. The average molecular weight is 279 g/mol. The minimum Gasteiger partial charge on any atom is -0.496 e. The molecule has 0 N–H and O–H groups in total. The van der Waals surface area contributed by atoms with Gasteiger partial charge in [-0.3, -0.25) is 4.79 Å². The van der Waals surface area contributed by atoms with Crippen molar-refractivity contribution >= 4 is 17.2 Å². The molecule has 21 heavy (non-hydrogen) atoms. The standard InChI is InChI=1S/C18H17NO2/c1-13-7-8-18(21-2)14(9-13)10-19-11-15(12-20)16-5-3-4-6-17(16)19/h3-9,11-12H,10H2,1-2H3. The predicted octanol–water partition coefficient (Wildman–Crippen LogP) is 3.82. The van der Waals surface area contributed by atoms with Crippen molar-refractivity contribution in [3.8, 4) is 5.75 Å². The van der Waals surface area contributed by atoms with Crippen LogP contribution in [0.2, 0.25) is 0 Å². The fourth-order valence-electron chi connectivity index (χ4n) is 2.71. The lowest BCUT2D eigenvalue weighted by Crippen LogP contribution is -2.01. The second-order valence-electron chi connectivity index (χ2n) is 5.16. The molecule has 0 bridgehead atoms. The van der Waals surface area contributed by atoms with Gasteiger partial charge in [0.1, 0.15) is 5.75 Å². The van der Waals surface area contributed by atoms with Crippen molar-refractivity contribution in [2.45, 2.75) is 13.5 Å². The second kappa shape index (κ2) is 5.44. The molecule has 0 unspecified atom stereocenters. The van der Waals surface area contributed by atoms with E-state index in [0.717, 1.165) is 34.1 Å². The van der Waals surface area contributed by atoms with E-state index in [1.807, 2.05) is 42.6 Å². The molecule has 3 heteroatoms. The Morgan fingerprint density at radius 2 is 2.00 bits per heavy atom. The van der Waals surface area contributed by atoms with Crippen LogP contribution in [0.3, 0.4) is 0 Å². The molecule has 0 radical (unpaired) electrons. The van der Waals surface area contributed by atoms with Crippen LogP contribution < -0.4 is 4.74 Å². The van der Waals surface area contributed by atoms with Gasteiger partial charge in [0.25, 0.3) is 0 Å². The number of rotatable bonds is 4. The smallest absolute Gasteiger partial charge is 0.152 e. The Balaban J connectivity index is 2.10. The average Bonchev–Trinajstić information content (AvgIpc) is 2.86. The number of nitrogens with zero attached hydrogens (tertiary/aromatic N) is 1. The number of aryl methyl sites for hydroxylation is 1. The van der Waals surface area contributed by atoms with Crippen molar-refractivity contribution < 1.29 is 9.53 Å². The molecule has 0 aliphatic rings. The largest absolute Gasteiger partial charge is 0.496 e. The Morgan fingerprint density at radius 3 is 2.76 bits per heavy atom. The van der Waals surface area contributed by atoms with E-state index in [4.69, 9.17) is 4.74 Å². The molecule has 0 fully saturated rings. The van der Waals surface area contributed by atoms with Gasteiger partial charge in [0, 0.05) is 28.2 Å². The van der Waals surface area contributed by atoms with Crippen LogP contribution >= 0.6 is 0 Å². The summed E-state index contributed by atoms with van der Waals surface area (Å²) in [5, 5.41) is 0.985. The summed E-state index contributed by atoms with van der Waals surface area (Å²) < 4.78 is 7.53. The minimum absolute atomic E-state index is 0.680. The van der Waals surface area contributed by atoms with E-state index in [-0.39, 0.29) is 0 Å². The number of methoxy groups -OCH3 is 1. The number of aldehydes is 1. The van der Waals surface area contributed by atoms with Crippen molar-refractivity contribution in [1.29, 1.82) is 0 Å². The fourth-order valence-corrected chi connectivity index (χ4v) is 2.71. The summed E-state index contributed by atoms with van der Waals surface area (Å²) in [6, 6.07) is 14.1. The highest BCUT2D eigenvalue weighted by Gasteiger charge is 2.10. The third kappa shape index (κ3) is 2.42. The van der Waals surface area contributed by atoms with E-state index < -0.39 is 0 Å². The molecular formula is C18H17NO2. The van der Waals surface area contributed by atoms with Gasteiger partial charge in [-0.1, -0.05) is 35.9 Å². The molecule has 3 nitrogen and oxygen atoms in total. The van der Waals surface area contributed by atoms with Gasteiger partial charge in [-0.25, -0.2) is 0 Å². The van der Waals surface area contributed by atoms with Crippen LogP contribution in [0.4, 0.5) is 0 Å². The molecule has 0 aliphatic heterocycles. The maximum Gasteiger partial charge on any atom is 0.152 e. The van der Waals surface area contributed by atoms with Crippen molar-refractivity contribution in [3.63, 3.8) is 0 Å². The summed E-state index contributed by atoms with van der Waals surface area (Å²) in [6.07, 6.45) is 2.81. The van der Waals surface area contributed by atoms with Crippen LogP contribution in [0.5, 0.6) is 5.75 Å². The SMILES string of the molecule is COc1ccc(C)cc1Cn1cc(C=O)c2ccccc21. The molecule has 0 aliphatic carbocycles. The van der Waals surface area contributed by atoms with Gasteiger partial charge in [0.2, 0.25) is 0 Å². The van der Waals surface area contributed by atoms with Crippen LogP contribution in [0.25, 0.3) is 10.9 Å². The number of carbonyl (C=O) groups excluding carboxylic acids is 1. The zero-order chi connectivity index (χ0) is 14.8. The summed E-state index contributed by atoms with van der Waals surface area (Å²) in [7, 11) is 1.68. The first kappa shape index (κ1) is 13.4. The third-order valence-corrected chi connectivity index (χ3v) is 3.72. The maximum atomic E-state index is 11.2. The molecular weight excluding hydrogens is 262 g/mol. The van der Waals surface area contributed by atoms with Crippen LogP contribution in [0.15, 0.2) is 48.7 Å². The summed E-state index contributed by atoms with van der Waals surface area (Å²) >= 11 is 0. The van der Waals surface area contributed by atoms with Crippen molar-refractivity contribution in [1.82, 2.24) is 4.57 Å². The molecule has 0 saturated carbocycles. The number of carbonyl (C=O) groups is 1. The van der Waals surface area contributed by atoms with Gasteiger partial charge in [0.15, 0.2) is 6.29 Å². The molecule has 0 amide bonds. The zero-order valence-electron chi connectivity index (χ0n) is 12.2. The van der Waals surface area contributed by atoms with Gasteiger partial charge in [-0.15, -0.1) is 0 Å². The normalized spacial score (nSPS) is 10.8. The zero-order valence-corrected chi connectivity index (χ0v) is 12.2. The number of fused-ring (bicyclic) bond motifs is 1. The molecule has 0 atom stereocenters. The van der Waals surface area contributed by atoms with Crippen LogP contribution in [0.1, 0.15) is 21.5 Å². The number of aromatic nitrogens is 1. The second-order valence-corrected chi connectivity index (χ2v) is 5.16. The van der Waals surface area contributed by atoms with Crippen molar-refractivity contribution in [2.75, 3.05) is 7.11 Å². The summed E-state index contributed by atoms with van der Waals surface area (Å²) in [5.41, 5.74) is 4.08. The van der Waals surface area contributed by atoms with E-state index in [1.54, 1.807) is 7.11 Å². The number of benzene rings is 2. The van der Waals surface area contributed by atoms with Crippen LogP contribution in [-0.2, 0) is 6.54 Å². The first-order valence-electron chi connectivity index (χ1n) is 6.89. The molecule has 0 saturated heterocycles. The lowest BCUT2D eigenvalue weighted by atomic mass is 10.1. The molecule has 0 spiro atoms. The van der Waals surface area contributed by atoms with Crippen molar-refractivity contribution in [3.05, 3.63) is 65.4 Å². The Kier molecular flexibility index (Phi) is 3.48. The van der Waals surface area contributed by atoms with Gasteiger partial charge in [-0.05, 0) is 19.1 Å². The highest BCUT2D eigenvalue weighted by molar-refractivity contribution is 5.97. The highest BCUT2D eigenvalue weighted by Crippen LogP contribution is 2.25. The Morgan fingerprint density at radius 1 is 1.19 bits per heavy atom. The first-order chi connectivity index (χ1) is 10.2. The van der Waals surface area contributed by atoms with E-state index >= 15 is 0 Å². The molecule has 106 valence electrons. The van der Waals surface area contributed by atoms with Crippen LogP contribution in [-0.4, -0.2) is 18.0 Å². The quantitative estimate of drug-likeness (QED) is 0.680. The van der Waals surface area contributed by atoms with E-state index in [9.17, 15) is 4.79 Å². The van der Waals surface area contributed by atoms with E-state index in [2.05, 4.69) is 17.6 Å². The monoisotopic (exact) mass is 279 g/mol. The Labute approximate surface area is 123 Å². The Bertz CT molecular complexity index is 802. The topological polar surface area (TPSA) is 31.2 Å². The van der Waals surface area contributed by atoms with Gasteiger partial charge in [-0.2, -0.15) is 0 Å². The number of hydrogen-bond acceptors (Lipinski definition) is 2. The van der Waals surface area contributed by atoms with E-state index in [0.29, 0.717) is 6.54 Å². The summed E-state index contributed by atoms with van der Waals surface area (Å²) in [5.74, 6) is 0.867. The molecule has 3 rings (SSSR count). The lowest BCUT2D eigenvalue weighted by molar-refractivity contribution is 0.112. The summed E-state index contributed by atoms with van der Waals surface area (Å²) in [6.45, 7) is 2.74. The van der Waals surface area contributed by atoms with E-state index in [1.165, 1.54) is 5.56 Å². The molecule has 3 aromatic rings. The minimum atomic E-state index is 0.680. The molecule has 1 aromatic heterocycles. The van der Waals surface area contributed by atoms with Crippen molar-refractivity contribution in [2.24, 2.45) is 0 Å². The third-order valence-electron chi connectivity index (χ3n) is 3.72. The fraction of sp³-hybridized carbons (Fsp3) is 0.167. The molecule has 2 aromatic carbocycles.